The van der Waals surface area contributed by atoms with Crippen molar-refractivity contribution in [2.45, 2.75) is 18.6 Å². The van der Waals surface area contributed by atoms with E-state index in [0.717, 1.165) is 14.4 Å². The normalized spacial score (nSPS) is 24.6. The van der Waals surface area contributed by atoms with Crippen molar-refractivity contribution in [1.82, 2.24) is 5.32 Å². The van der Waals surface area contributed by atoms with Gasteiger partial charge in [0.15, 0.2) is 5.60 Å². The minimum Gasteiger partial charge on any atom is -0.379 e. The number of rotatable bonds is 3. The molecule has 2 rings (SSSR count). The van der Waals surface area contributed by atoms with Crippen LogP contribution in [0.3, 0.4) is 0 Å². The third-order valence-electron chi connectivity index (χ3n) is 2.48. The van der Waals surface area contributed by atoms with Crippen molar-refractivity contribution >= 4 is 44.9 Å². The largest absolute Gasteiger partial charge is 0.379 e. The fourth-order valence-electron chi connectivity index (χ4n) is 1.51. The van der Waals surface area contributed by atoms with E-state index in [0.29, 0.717) is 18.7 Å². The highest BCUT2D eigenvalue weighted by atomic mass is 79.9. The molecule has 3 nitrogen and oxygen atoms in total. The number of carbonyl (C=O) groups excluding carboxylic acids is 1. The number of carbonyl (C=O) groups is 1. The van der Waals surface area contributed by atoms with Crippen molar-refractivity contribution in [3.63, 3.8) is 0 Å². The van der Waals surface area contributed by atoms with E-state index in [1.54, 1.807) is 23.1 Å². The Balaban J connectivity index is 1.88. The van der Waals surface area contributed by atoms with Crippen LogP contribution in [0, 0.1) is 0 Å². The summed E-state index contributed by atoms with van der Waals surface area (Å²) in [6.45, 7) is 0.488. The van der Waals surface area contributed by atoms with Gasteiger partial charge in [0.05, 0.1) is 10.3 Å². The molecule has 0 saturated carbocycles. The van der Waals surface area contributed by atoms with Gasteiger partial charge in [-0.2, -0.15) is 11.8 Å². The zero-order valence-corrected chi connectivity index (χ0v) is 11.8. The van der Waals surface area contributed by atoms with Crippen LogP contribution in [0.25, 0.3) is 0 Å². The summed E-state index contributed by atoms with van der Waals surface area (Å²) in [6.07, 6.45) is 0.553. The Kier molecular flexibility index (Phi) is 3.94. The van der Waals surface area contributed by atoms with Gasteiger partial charge in [0.1, 0.15) is 0 Å². The molecule has 16 heavy (non-hydrogen) atoms. The highest BCUT2D eigenvalue weighted by molar-refractivity contribution is 9.11. The lowest BCUT2D eigenvalue weighted by molar-refractivity contribution is -0.137. The summed E-state index contributed by atoms with van der Waals surface area (Å²) < 4.78 is 1.05. The average molecular weight is 322 g/mol. The molecule has 0 radical (unpaired) electrons. The first kappa shape index (κ1) is 12.4. The third kappa shape index (κ3) is 2.80. The van der Waals surface area contributed by atoms with Crippen LogP contribution in [0.4, 0.5) is 0 Å². The predicted octanol–water partition coefficient (Wildman–Crippen LogP) is 1.99. The Morgan fingerprint density at radius 2 is 2.44 bits per heavy atom. The van der Waals surface area contributed by atoms with E-state index in [4.69, 9.17) is 0 Å². The first-order valence-corrected chi connectivity index (χ1v) is 7.69. The molecule has 1 aliphatic rings. The molecule has 0 aromatic carbocycles. The summed E-state index contributed by atoms with van der Waals surface area (Å²) in [5, 5.41) is 12.8. The molecule has 0 bridgehead atoms. The zero-order chi connectivity index (χ0) is 11.6. The minimum atomic E-state index is -1.15. The second kappa shape index (κ2) is 5.08. The molecule has 2 N–H and O–H groups in total. The highest BCUT2D eigenvalue weighted by Gasteiger charge is 2.39. The molecule has 6 heteroatoms. The van der Waals surface area contributed by atoms with Crippen molar-refractivity contribution in [2.75, 3.05) is 11.5 Å². The summed E-state index contributed by atoms with van der Waals surface area (Å²) in [5.41, 5.74) is -1.15. The quantitative estimate of drug-likeness (QED) is 0.895. The maximum Gasteiger partial charge on any atom is 0.253 e. The van der Waals surface area contributed by atoms with Crippen molar-refractivity contribution < 1.29 is 9.90 Å². The van der Waals surface area contributed by atoms with Crippen molar-refractivity contribution in [3.8, 4) is 0 Å². The van der Waals surface area contributed by atoms with Gasteiger partial charge in [-0.3, -0.25) is 4.79 Å². The summed E-state index contributed by atoms with van der Waals surface area (Å²) in [4.78, 5) is 12.8. The van der Waals surface area contributed by atoms with E-state index in [1.165, 1.54) is 0 Å². The van der Waals surface area contributed by atoms with Gasteiger partial charge in [0.2, 0.25) is 0 Å². The van der Waals surface area contributed by atoms with Crippen LogP contribution in [-0.2, 0) is 11.3 Å². The maximum atomic E-state index is 11.8. The topological polar surface area (TPSA) is 49.3 Å². The lowest BCUT2D eigenvalue weighted by Gasteiger charge is -2.19. The Bertz CT molecular complexity index is 388. The van der Waals surface area contributed by atoms with E-state index < -0.39 is 5.60 Å². The van der Waals surface area contributed by atoms with Gasteiger partial charge in [-0.25, -0.2) is 0 Å². The standard InChI is InChI=1S/C10H12BrNO2S2/c11-8-2-1-7(16-8)5-12-9(13)10(14)3-4-15-6-10/h1-2,14H,3-6H2,(H,12,13). The average Bonchev–Trinajstić information content (AvgIpc) is 2.85. The molecule has 1 saturated heterocycles. The van der Waals surface area contributed by atoms with Crippen molar-refractivity contribution in [2.24, 2.45) is 0 Å². The number of halogens is 1. The molecular weight excluding hydrogens is 310 g/mol. The molecule has 1 unspecified atom stereocenters. The zero-order valence-electron chi connectivity index (χ0n) is 8.53. The van der Waals surface area contributed by atoms with E-state index in [-0.39, 0.29) is 5.91 Å². The lowest BCUT2D eigenvalue weighted by atomic mass is 10.0. The summed E-state index contributed by atoms with van der Waals surface area (Å²) >= 11 is 6.57. The van der Waals surface area contributed by atoms with E-state index in [1.807, 2.05) is 12.1 Å². The molecule has 1 aromatic rings. The second-order valence-electron chi connectivity index (χ2n) is 3.72. The lowest BCUT2D eigenvalue weighted by Crippen LogP contribution is -2.46. The van der Waals surface area contributed by atoms with Gasteiger partial charge in [0.25, 0.3) is 5.91 Å². The van der Waals surface area contributed by atoms with Crippen LogP contribution in [0.15, 0.2) is 15.9 Å². The van der Waals surface area contributed by atoms with Crippen molar-refractivity contribution in [1.29, 1.82) is 0 Å². The van der Waals surface area contributed by atoms with Gasteiger partial charge in [-0.1, -0.05) is 0 Å². The van der Waals surface area contributed by atoms with E-state index in [2.05, 4.69) is 21.2 Å². The van der Waals surface area contributed by atoms with Crippen LogP contribution in [0.1, 0.15) is 11.3 Å². The molecule has 1 amide bonds. The molecule has 1 aliphatic heterocycles. The Morgan fingerprint density at radius 3 is 3.00 bits per heavy atom. The second-order valence-corrected chi connectivity index (χ2v) is 7.38. The van der Waals surface area contributed by atoms with Gasteiger partial charge in [-0.05, 0) is 40.2 Å². The van der Waals surface area contributed by atoms with E-state index in [9.17, 15) is 9.90 Å². The molecule has 1 atom stereocenters. The maximum absolute atomic E-state index is 11.8. The summed E-state index contributed by atoms with van der Waals surface area (Å²) in [6, 6.07) is 3.91. The SMILES string of the molecule is O=C(NCc1ccc(Br)s1)C1(O)CCSC1. The minimum absolute atomic E-state index is 0.248. The van der Waals surface area contributed by atoms with Crippen LogP contribution in [-0.4, -0.2) is 28.1 Å². The number of thioether (sulfide) groups is 1. The van der Waals surface area contributed by atoms with Gasteiger partial charge in [0, 0.05) is 10.6 Å². The number of hydrogen-bond acceptors (Lipinski definition) is 4. The predicted molar refractivity (Wildman–Crippen MR) is 70.8 cm³/mol. The molecule has 0 spiro atoms. The van der Waals surface area contributed by atoms with Crippen LogP contribution >= 0.6 is 39.0 Å². The fraction of sp³-hybridized carbons (Fsp3) is 0.500. The first-order valence-electron chi connectivity index (χ1n) is 4.93. The fourth-order valence-corrected chi connectivity index (χ4v) is 4.17. The summed E-state index contributed by atoms with van der Waals surface area (Å²) in [5.74, 6) is 1.11. The number of hydrogen-bond donors (Lipinski definition) is 2. The monoisotopic (exact) mass is 321 g/mol. The molecule has 88 valence electrons. The highest BCUT2D eigenvalue weighted by Crippen LogP contribution is 2.28. The van der Waals surface area contributed by atoms with Crippen molar-refractivity contribution in [3.05, 3.63) is 20.8 Å². The van der Waals surface area contributed by atoms with Gasteiger partial charge >= 0.3 is 0 Å². The number of amides is 1. The molecular formula is C10H12BrNO2S2. The van der Waals surface area contributed by atoms with Crippen LogP contribution < -0.4 is 5.32 Å². The smallest absolute Gasteiger partial charge is 0.253 e. The number of aliphatic hydroxyl groups is 1. The molecule has 1 aromatic heterocycles. The van der Waals surface area contributed by atoms with Gasteiger partial charge < -0.3 is 10.4 Å². The summed E-state index contributed by atoms with van der Waals surface area (Å²) in [7, 11) is 0. The first-order chi connectivity index (χ1) is 7.60. The van der Waals surface area contributed by atoms with E-state index >= 15 is 0 Å². The number of nitrogens with one attached hydrogen (secondary N) is 1. The number of thiophene rings is 1. The Labute approximate surface area is 111 Å². The van der Waals surface area contributed by atoms with Crippen LogP contribution in [0.5, 0.6) is 0 Å². The van der Waals surface area contributed by atoms with Crippen LogP contribution in [0.2, 0.25) is 0 Å². The van der Waals surface area contributed by atoms with Gasteiger partial charge in [-0.15, -0.1) is 11.3 Å². The Hall–Kier alpha value is -0.0400. The third-order valence-corrected chi connectivity index (χ3v) is 5.27. The molecule has 0 aliphatic carbocycles. The molecule has 1 fully saturated rings. The Morgan fingerprint density at radius 1 is 1.62 bits per heavy atom. The molecule has 2 heterocycles.